The normalized spacial score (nSPS) is 21.2. The van der Waals surface area contributed by atoms with Crippen LogP contribution in [0.3, 0.4) is 0 Å². The zero-order chi connectivity index (χ0) is 16.8. The molecule has 1 heterocycles. The van der Waals surface area contributed by atoms with Gasteiger partial charge in [0, 0.05) is 0 Å². The number of aryl methyl sites for hydroxylation is 1. The molecule has 0 aromatic heterocycles. The molecule has 0 atom stereocenters. The van der Waals surface area contributed by atoms with Crippen molar-refractivity contribution in [3.05, 3.63) is 71.4 Å². The number of rotatable bonds is 5. The zero-order valence-electron chi connectivity index (χ0n) is 15.2. The summed E-state index contributed by atoms with van der Waals surface area (Å²) in [6.45, 7) is 4.41. The number of hydrogen-bond donors (Lipinski definition) is 0. The van der Waals surface area contributed by atoms with Crippen molar-refractivity contribution in [2.75, 3.05) is 0 Å². The molecule has 2 aromatic rings. The van der Waals surface area contributed by atoms with E-state index in [-0.39, 0.29) is 0 Å². The van der Waals surface area contributed by atoms with Crippen molar-refractivity contribution < 1.29 is 0 Å². The molecular formula is C23H30Si. The van der Waals surface area contributed by atoms with Crippen LogP contribution in [-0.4, -0.2) is 8.80 Å². The Balaban J connectivity index is 1.65. The van der Waals surface area contributed by atoms with Crippen molar-refractivity contribution in [3.8, 4) is 11.1 Å². The summed E-state index contributed by atoms with van der Waals surface area (Å²) in [5.74, 6) is 0.792. The third kappa shape index (κ3) is 4.27. The fourth-order valence-corrected chi connectivity index (χ4v) is 6.90. The second kappa shape index (κ2) is 8.48. The van der Waals surface area contributed by atoms with Gasteiger partial charge in [0.25, 0.3) is 0 Å². The molecule has 1 fully saturated rings. The van der Waals surface area contributed by atoms with Gasteiger partial charge in [0.2, 0.25) is 0 Å². The molecule has 0 aliphatic carbocycles. The lowest BCUT2D eigenvalue weighted by atomic mass is 9.91. The highest BCUT2D eigenvalue weighted by Gasteiger charge is 2.21. The van der Waals surface area contributed by atoms with Crippen LogP contribution in [0.2, 0.25) is 12.1 Å². The lowest BCUT2D eigenvalue weighted by molar-refractivity contribution is 0.611. The van der Waals surface area contributed by atoms with Crippen molar-refractivity contribution in [3.63, 3.8) is 0 Å². The molecule has 1 heteroatoms. The molecule has 24 heavy (non-hydrogen) atoms. The Bertz CT molecular complexity index is 643. The first kappa shape index (κ1) is 17.2. The molecule has 1 saturated heterocycles. The Morgan fingerprint density at radius 2 is 1.50 bits per heavy atom. The summed E-state index contributed by atoms with van der Waals surface area (Å²) in [6, 6.07) is 21.4. The Kier molecular flexibility index (Phi) is 6.09. The fraction of sp³-hybridized carbons (Fsp3) is 0.391. The molecule has 0 spiro atoms. The lowest BCUT2D eigenvalue weighted by Crippen LogP contribution is -2.18. The van der Waals surface area contributed by atoms with E-state index >= 15 is 0 Å². The summed E-state index contributed by atoms with van der Waals surface area (Å²) in [5.41, 5.74) is 8.21. The first-order chi connectivity index (χ1) is 11.8. The minimum atomic E-state index is -0.539. The maximum absolute atomic E-state index is 2.53. The van der Waals surface area contributed by atoms with E-state index in [1.807, 2.05) is 0 Å². The summed E-state index contributed by atoms with van der Waals surface area (Å²) in [6.07, 6.45) is 7.46. The van der Waals surface area contributed by atoms with E-state index < -0.39 is 8.80 Å². The molecule has 0 saturated carbocycles. The molecule has 0 bridgehead atoms. The van der Waals surface area contributed by atoms with E-state index in [2.05, 4.69) is 74.2 Å². The van der Waals surface area contributed by atoms with Gasteiger partial charge in [0.15, 0.2) is 0 Å². The van der Waals surface area contributed by atoms with Gasteiger partial charge in [-0.05, 0) is 54.4 Å². The fourth-order valence-electron chi connectivity index (χ4n) is 4.02. The van der Waals surface area contributed by atoms with E-state index in [0.29, 0.717) is 0 Å². The van der Waals surface area contributed by atoms with Crippen LogP contribution in [0.1, 0.15) is 50.2 Å². The van der Waals surface area contributed by atoms with Crippen LogP contribution in [0.25, 0.3) is 11.1 Å². The first-order valence-electron chi connectivity index (χ1n) is 9.62. The van der Waals surface area contributed by atoms with Gasteiger partial charge < -0.3 is 0 Å². The predicted octanol–water partition coefficient (Wildman–Crippen LogP) is 6.53. The monoisotopic (exact) mass is 334 g/mol. The molecule has 0 radical (unpaired) electrons. The molecule has 1 aliphatic heterocycles. The van der Waals surface area contributed by atoms with E-state index in [9.17, 15) is 0 Å². The number of allylic oxidation sites excluding steroid dienone is 1. The van der Waals surface area contributed by atoms with Gasteiger partial charge in [-0.3, -0.25) is 0 Å². The zero-order valence-corrected chi connectivity index (χ0v) is 16.3. The van der Waals surface area contributed by atoms with Crippen molar-refractivity contribution in [2.24, 2.45) is 0 Å². The summed E-state index contributed by atoms with van der Waals surface area (Å²) < 4.78 is 0. The summed E-state index contributed by atoms with van der Waals surface area (Å²) >= 11 is 0. The van der Waals surface area contributed by atoms with Gasteiger partial charge in [-0.15, -0.1) is 5.70 Å². The van der Waals surface area contributed by atoms with Gasteiger partial charge in [0.1, 0.15) is 0 Å². The van der Waals surface area contributed by atoms with Crippen LogP contribution in [0.4, 0.5) is 0 Å². The maximum atomic E-state index is 2.53. The Labute approximate surface area is 149 Å². The third-order valence-corrected chi connectivity index (χ3v) is 8.52. The number of hydrogen-bond acceptors (Lipinski definition) is 0. The average Bonchev–Trinajstić information content (AvgIpc) is 2.64. The van der Waals surface area contributed by atoms with Crippen LogP contribution < -0.4 is 0 Å². The lowest BCUT2D eigenvalue weighted by Gasteiger charge is -2.26. The second-order valence-corrected chi connectivity index (χ2v) is 10.3. The van der Waals surface area contributed by atoms with Crippen molar-refractivity contribution in [2.45, 2.75) is 57.5 Å². The molecule has 3 rings (SSSR count). The second-order valence-electron chi connectivity index (χ2n) is 7.21. The topological polar surface area (TPSA) is 0 Å². The average molecular weight is 335 g/mol. The minimum Gasteiger partial charge on any atom is -0.102 e. The molecule has 0 unspecified atom stereocenters. The smallest absolute Gasteiger partial charge is 0.0611 e. The van der Waals surface area contributed by atoms with Gasteiger partial charge >= 0.3 is 0 Å². The molecule has 0 amide bonds. The summed E-state index contributed by atoms with van der Waals surface area (Å²) in [7, 11) is -0.539. The van der Waals surface area contributed by atoms with Crippen LogP contribution in [0.5, 0.6) is 0 Å². The largest absolute Gasteiger partial charge is 0.102 e. The summed E-state index contributed by atoms with van der Waals surface area (Å²) in [5, 5.41) is 0. The molecular weight excluding hydrogens is 304 g/mol. The molecule has 0 nitrogen and oxygen atoms in total. The molecule has 1 aliphatic rings. The van der Waals surface area contributed by atoms with Gasteiger partial charge in [0.05, 0.1) is 8.80 Å². The highest BCUT2D eigenvalue weighted by Crippen LogP contribution is 2.34. The van der Waals surface area contributed by atoms with Crippen molar-refractivity contribution in [1.82, 2.24) is 0 Å². The van der Waals surface area contributed by atoms with Crippen LogP contribution in [0, 0.1) is 0 Å². The van der Waals surface area contributed by atoms with Crippen LogP contribution in [-0.2, 0) is 6.42 Å². The standard InChI is InChI=1S/C23H30Si/c1-3-5-19-6-8-20(9-7-19)21-10-12-22(13-11-21)23-14-17-24(16-4-2)18-15-23/h4,6-13,16,23-24H,3,5,14-15,17-18H2,1-2H3. The highest BCUT2D eigenvalue weighted by molar-refractivity contribution is 6.64. The van der Waals surface area contributed by atoms with E-state index in [1.54, 1.807) is 5.56 Å². The van der Waals surface area contributed by atoms with E-state index in [1.165, 1.54) is 54.5 Å². The number of benzene rings is 2. The van der Waals surface area contributed by atoms with Gasteiger partial charge in [-0.25, -0.2) is 0 Å². The van der Waals surface area contributed by atoms with E-state index in [4.69, 9.17) is 0 Å². The van der Waals surface area contributed by atoms with Crippen LogP contribution in [0.15, 0.2) is 60.3 Å². The molecule has 2 aromatic carbocycles. The highest BCUT2D eigenvalue weighted by atomic mass is 28.3. The predicted molar refractivity (Wildman–Crippen MR) is 109 cm³/mol. The van der Waals surface area contributed by atoms with Gasteiger partial charge in [-0.1, -0.05) is 80.0 Å². The van der Waals surface area contributed by atoms with Crippen LogP contribution >= 0.6 is 0 Å². The quantitative estimate of drug-likeness (QED) is 0.546. The SMILES string of the molecule is CC=C[SiH]1CCC(c2ccc(-c3ccc(CCC)cc3)cc2)CC1. The van der Waals surface area contributed by atoms with Gasteiger partial charge in [-0.2, -0.15) is 0 Å². The molecule has 0 N–H and O–H groups in total. The third-order valence-electron chi connectivity index (χ3n) is 5.44. The minimum absolute atomic E-state index is 0.539. The Hall–Kier alpha value is -1.60. The Morgan fingerprint density at radius 3 is 2.04 bits per heavy atom. The maximum Gasteiger partial charge on any atom is 0.0611 e. The Morgan fingerprint density at radius 1 is 0.917 bits per heavy atom. The first-order valence-corrected chi connectivity index (χ1v) is 11.9. The van der Waals surface area contributed by atoms with E-state index in [0.717, 1.165) is 5.92 Å². The van der Waals surface area contributed by atoms with Crippen molar-refractivity contribution in [1.29, 1.82) is 0 Å². The molecule has 126 valence electrons. The summed E-state index contributed by atoms with van der Waals surface area (Å²) in [4.78, 5) is 0. The van der Waals surface area contributed by atoms with Crippen molar-refractivity contribution >= 4 is 8.80 Å².